The zero-order chi connectivity index (χ0) is 12.6. The molecule has 0 bridgehead atoms. The van der Waals surface area contributed by atoms with Crippen LogP contribution in [0.15, 0.2) is 28.9 Å². The van der Waals surface area contributed by atoms with Gasteiger partial charge in [-0.2, -0.15) is 0 Å². The van der Waals surface area contributed by atoms with Gasteiger partial charge in [0.05, 0.1) is 6.54 Å². The van der Waals surface area contributed by atoms with Gasteiger partial charge < -0.3 is 15.0 Å². The van der Waals surface area contributed by atoms with Crippen LogP contribution in [0.4, 0.5) is 0 Å². The highest BCUT2D eigenvalue weighted by Crippen LogP contribution is 2.13. The number of nitrogens with one attached hydrogen (secondary N) is 1. The zero-order valence-corrected chi connectivity index (χ0v) is 10.4. The number of dihydropyridines is 1. The van der Waals surface area contributed by atoms with Crippen molar-refractivity contribution in [1.29, 1.82) is 0 Å². The van der Waals surface area contributed by atoms with Crippen LogP contribution in [0.25, 0.3) is 0 Å². The Labute approximate surface area is 107 Å². The monoisotopic (exact) mass is 249 g/mol. The normalized spacial score (nSPS) is 24.8. The molecule has 0 radical (unpaired) electrons. The second kappa shape index (κ2) is 6.83. The highest BCUT2D eigenvalue weighted by Gasteiger charge is 2.16. The fourth-order valence-electron chi connectivity index (χ4n) is 2.04. The third-order valence-corrected chi connectivity index (χ3v) is 3.08. The Morgan fingerprint density at radius 2 is 2.28 bits per heavy atom. The van der Waals surface area contributed by atoms with E-state index in [4.69, 9.17) is 4.74 Å². The molecule has 0 aliphatic carbocycles. The quantitative estimate of drug-likeness (QED) is 0.733. The van der Waals surface area contributed by atoms with E-state index in [1.54, 1.807) is 4.90 Å². The van der Waals surface area contributed by atoms with Crippen molar-refractivity contribution in [2.45, 2.75) is 18.9 Å². The minimum absolute atomic E-state index is 0.161. The largest absolute Gasteiger partial charge is 0.474 e. The molecule has 5 heteroatoms. The van der Waals surface area contributed by atoms with E-state index in [0.717, 1.165) is 32.6 Å². The summed E-state index contributed by atoms with van der Waals surface area (Å²) < 4.78 is 5.25. The third-order valence-electron chi connectivity index (χ3n) is 3.08. The molecule has 0 aromatic rings. The molecular weight excluding hydrogens is 230 g/mol. The minimum atomic E-state index is 0.161. The van der Waals surface area contributed by atoms with Crippen LogP contribution in [0, 0.1) is 0 Å². The van der Waals surface area contributed by atoms with Gasteiger partial charge in [-0.05, 0) is 30.7 Å². The van der Waals surface area contributed by atoms with E-state index in [2.05, 4.69) is 16.4 Å². The first-order valence-electron chi connectivity index (χ1n) is 6.33. The number of hydrogen-bond acceptors (Lipinski definition) is 4. The van der Waals surface area contributed by atoms with Crippen LogP contribution in [0.5, 0.6) is 0 Å². The first kappa shape index (κ1) is 12.7. The first-order chi connectivity index (χ1) is 8.90. The molecule has 1 amide bonds. The van der Waals surface area contributed by atoms with Crippen LogP contribution < -0.4 is 5.32 Å². The lowest BCUT2D eigenvalue weighted by atomic mass is 10.1. The van der Waals surface area contributed by atoms with Gasteiger partial charge in [0.1, 0.15) is 6.10 Å². The molecule has 3 aliphatic heterocycles. The number of carbonyl (C=O) groups excluding carboxylic acids is 1. The lowest BCUT2D eigenvalue weighted by Crippen LogP contribution is -2.18. The summed E-state index contributed by atoms with van der Waals surface area (Å²) in [5.74, 6) is 0. The Kier molecular flexibility index (Phi) is 4.81. The number of carbonyl (C=O) groups is 1. The number of ether oxygens (including phenoxy) is 1. The molecule has 3 heterocycles. The lowest BCUT2D eigenvalue weighted by molar-refractivity contribution is -0.117. The lowest BCUT2D eigenvalue weighted by Gasteiger charge is -2.13. The molecule has 1 N–H and O–H groups in total. The highest BCUT2D eigenvalue weighted by atomic mass is 16.5. The smallest absolute Gasteiger partial charge is 0.209 e. The standard InChI is InChI=1S/C8H10N2O.C5H9NO/c1-3-9-4-2-7(1)8-5-10-6-11-8;7-5-6-3-1-2-4-6/h1-3,6,8-9H,4-5H2;5H,1-4H2. The van der Waals surface area contributed by atoms with Gasteiger partial charge in [-0.15, -0.1) is 0 Å². The SMILES string of the molecule is C1=CC(C2CN=CO2)=CCN1.O=CN1CCCC1. The Balaban J connectivity index is 0.000000149. The fraction of sp³-hybridized carbons (Fsp3) is 0.538. The summed E-state index contributed by atoms with van der Waals surface area (Å²) in [5.41, 5.74) is 1.22. The maximum Gasteiger partial charge on any atom is 0.209 e. The zero-order valence-electron chi connectivity index (χ0n) is 10.4. The van der Waals surface area contributed by atoms with Crippen molar-refractivity contribution >= 4 is 12.8 Å². The van der Waals surface area contributed by atoms with Gasteiger partial charge in [0.15, 0.2) is 6.40 Å². The average Bonchev–Trinajstić information content (AvgIpc) is 3.14. The van der Waals surface area contributed by atoms with Gasteiger partial charge in [0.25, 0.3) is 0 Å². The first-order valence-corrected chi connectivity index (χ1v) is 6.33. The average molecular weight is 249 g/mol. The molecule has 1 fully saturated rings. The molecule has 0 aromatic heterocycles. The van der Waals surface area contributed by atoms with Crippen molar-refractivity contribution in [3.63, 3.8) is 0 Å². The second-order valence-corrected chi connectivity index (χ2v) is 4.39. The molecule has 0 spiro atoms. The predicted molar refractivity (Wildman–Crippen MR) is 70.3 cm³/mol. The van der Waals surface area contributed by atoms with Crippen molar-refractivity contribution in [2.24, 2.45) is 4.99 Å². The number of likely N-dealkylation sites (tertiary alicyclic amines) is 1. The van der Waals surface area contributed by atoms with Crippen molar-refractivity contribution in [3.05, 3.63) is 23.9 Å². The molecule has 1 atom stereocenters. The van der Waals surface area contributed by atoms with Crippen LogP contribution in [0.2, 0.25) is 0 Å². The summed E-state index contributed by atoms with van der Waals surface area (Å²) in [4.78, 5) is 15.7. The Hall–Kier alpha value is -1.78. The summed E-state index contributed by atoms with van der Waals surface area (Å²) in [6.45, 7) is 3.61. The third kappa shape index (κ3) is 3.61. The highest BCUT2D eigenvalue weighted by molar-refractivity contribution is 5.51. The Bertz CT molecular complexity index is 349. The molecule has 18 heavy (non-hydrogen) atoms. The van der Waals surface area contributed by atoms with Gasteiger partial charge in [0.2, 0.25) is 6.41 Å². The van der Waals surface area contributed by atoms with E-state index in [1.807, 2.05) is 12.3 Å². The van der Waals surface area contributed by atoms with E-state index in [1.165, 1.54) is 24.8 Å². The van der Waals surface area contributed by atoms with Gasteiger partial charge in [-0.1, -0.05) is 6.08 Å². The summed E-state index contributed by atoms with van der Waals surface area (Å²) in [7, 11) is 0. The summed E-state index contributed by atoms with van der Waals surface area (Å²) in [6.07, 6.45) is 11.1. The van der Waals surface area contributed by atoms with Crippen molar-refractivity contribution < 1.29 is 9.53 Å². The Morgan fingerprint density at radius 1 is 1.44 bits per heavy atom. The number of amides is 1. The predicted octanol–water partition coefficient (Wildman–Crippen LogP) is 0.695. The van der Waals surface area contributed by atoms with Gasteiger partial charge in [0, 0.05) is 19.6 Å². The van der Waals surface area contributed by atoms with Crippen molar-refractivity contribution in [1.82, 2.24) is 10.2 Å². The van der Waals surface area contributed by atoms with Crippen LogP contribution >= 0.6 is 0 Å². The maximum absolute atomic E-state index is 9.93. The van der Waals surface area contributed by atoms with E-state index >= 15 is 0 Å². The molecule has 3 aliphatic rings. The van der Waals surface area contributed by atoms with E-state index < -0.39 is 0 Å². The van der Waals surface area contributed by atoms with Gasteiger partial charge in [-0.25, -0.2) is 0 Å². The number of nitrogens with zero attached hydrogens (tertiary/aromatic N) is 2. The fourth-order valence-corrected chi connectivity index (χ4v) is 2.04. The maximum atomic E-state index is 9.93. The molecule has 98 valence electrons. The van der Waals surface area contributed by atoms with Gasteiger partial charge >= 0.3 is 0 Å². The van der Waals surface area contributed by atoms with Crippen molar-refractivity contribution in [3.8, 4) is 0 Å². The summed E-state index contributed by atoms with van der Waals surface area (Å²) in [6, 6.07) is 0. The van der Waals surface area contributed by atoms with Crippen LogP contribution in [0.1, 0.15) is 12.8 Å². The molecule has 1 saturated heterocycles. The summed E-state index contributed by atoms with van der Waals surface area (Å²) >= 11 is 0. The van der Waals surface area contributed by atoms with Crippen LogP contribution in [-0.2, 0) is 9.53 Å². The number of hydrogen-bond donors (Lipinski definition) is 1. The molecule has 0 aromatic carbocycles. The van der Waals surface area contributed by atoms with E-state index in [9.17, 15) is 4.79 Å². The summed E-state index contributed by atoms with van der Waals surface area (Å²) in [5, 5.41) is 3.08. The number of rotatable bonds is 2. The van der Waals surface area contributed by atoms with E-state index in [0.29, 0.717) is 0 Å². The second-order valence-electron chi connectivity index (χ2n) is 4.39. The van der Waals surface area contributed by atoms with Crippen LogP contribution in [-0.4, -0.2) is 50.0 Å². The molecule has 0 saturated carbocycles. The van der Waals surface area contributed by atoms with Gasteiger partial charge in [-0.3, -0.25) is 9.79 Å². The number of aliphatic imine (C=N–C) groups is 1. The molecular formula is C13H19N3O2. The molecule has 5 nitrogen and oxygen atoms in total. The van der Waals surface area contributed by atoms with E-state index in [-0.39, 0.29) is 6.10 Å². The Morgan fingerprint density at radius 3 is 2.78 bits per heavy atom. The van der Waals surface area contributed by atoms with Crippen LogP contribution in [0.3, 0.4) is 0 Å². The minimum Gasteiger partial charge on any atom is -0.474 e. The molecule has 3 rings (SSSR count). The van der Waals surface area contributed by atoms with Crippen molar-refractivity contribution in [2.75, 3.05) is 26.2 Å². The molecule has 1 unspecified atom stereocenters. The topological polar surface area (TPSA) is 53.9 Å².